The molecule has 0 radical (unpaired) electrons. The summed E-state index contributed by atoms with van der Waals surface area (Å²) in [5.74, 6) is -2.60. The van der Waals surface area contributed by atoms with Crippen LogP contribution in [0, 0.1) is 16.7 Å². The fourth-order valence-corrected chi connectivity index (χ4v) is 19.8. The Morgan fingerprint density at radius 2 is 1.60 bits per heavy atom. The third-order valence-corrected chi connectivity index (χ3v) is 24.0. The molecule has 1 amide bonds. The zero-order chi connectivity index (χ0) is 56.2. The van der Waals surface area contributed by atoms with Gasteiger partial charge in [0.05, 0.1) is 56.4 Å². The Hall–Kier alpha value is -4.47. The number of aromatic nitrogens is 1. The molecule has 18 nitrogen and oxygen atoms in total. The van der Waals surface area contributed by atoms with Crippen LogP contribution in [-0.4, -0.2) is 154 Å². The number of nitrogens with one attached hydrogen (secondary N) is 1. The maximum atomic E-state index is 16.0. The molecule has 2 aromatic rings. The van der Waals surface area contributed by atoms with Gasteiger partial charge in [-0.1, -0.05) is 80.5 Å². The third kappa shape index (κ3) is 10.8. The van der Waals surface area contributed by atoms with Gasteiger partial charge >= 0.3 is 24.0 Å². The lowest BCUT2D eigenvalue weighted by molar-refractivity contribution is -0.345. The van der Waals surface area contributed by atoms with Gasteiger partial charge in [-0.15, -0.1) is 0 Å². The molecule has 3 aliphatic heterocycles. The first-order valence-corrected chi connectivity index (χ1v) is 29.8. The van der Waals surface area contributed by atoms with Crippen molar-refractivity contribution in [1.82, 2.24) is 15.2 Å². The monoisotopic (exact) mass is 1090 g/mol. The van der Waals surface area contributed by atoms with Gasteiger partial charge < -0.3 is 57.5 Å². The molecule has 2 bridgehead atoms. The van der Waals surface area contributed by atoms with Gasteiger partial charge in [-0.25, -0.2) is 14.4 Å². The lowest BCUT2D eigenvalue weighted by Gasteiger charge is -2.68. The summed E-state index contributed by atoms with van der Waals surface area (Å²) in [6, 6.07) is 10.7. The highest BCUT2D eigenvalue weighted by Gasteiger charge is 2.77. The van der Waals surface area contributed by atoms with Gasteiger partial charge in [-0.3, -0.25) is 14.7 Å². The van der Waals surface area contributed by atoms with Crippen LogP contribution in [0.25, 0.3) is 0 Å². The molecule has 0 spiro atoms. The van der Waals surface area contributed by atoms with E-state index in [9.17, 15) is 19.5 Å². The molecule has 2 saturated carbocycles. The van der Waals surface area contributed by atoms with Crippen molar-refractivity contribution in [3.05, 3.63) is 71.1 Å². The number of esters is 3. The highest BCUT2D eigenvalue weighted by atomic mass is 28.4. The minimum absolute atomic E-state index is 0.0222. The summed E-state index contributed by atoms with van der Waals surface area (Å²) in [6.45, 7) is 29.8. The van der Waals surface area contributed by atoms with Crippen molar-refractivity contribution in [2.45, 2.75) is 199 Å². The summed E-state index contributed by atoms with van der Waals surface area (Å²) >= 11 is 0. The van der Waals surface area contributed by atoms with Gasteiger partial charge in [0, 0.05) is 43.8 Å². The second-order valence-corrected chi connectivity index (χ2v) is 30.3. The molecule has 4 heterocycles. The number of benzene rings is 1. The van der Waals surface area contributed by atoms with Crippen LogP contribution < -0.4 is 10.1 Å². The number of fused-ring (bicyclic) bond motifs is 8. The van der Waals surface area contributed by atoms with Crippen molar-refractivity contribution in [2.24, 2.45) is 16.7 Å². The Kier molecular flexibility index (Phi) is 16.9. The highest BCUT2D eigenvalue weighted by molar-refractivity contribution is 6.77. The lowest BCUT2D eigenvalue weighted by Crippen LogP contribution is -2.79. The van der Waals surface area contributed by atoms with Crippen molar-refractivity contribution < 1.29 is 71.3 Å². The Morgan fingerprint density at radius 3 is 2.16 bits per heavy atom. The van der Waals surface area contributed by atoms with Crippen molar-refractivity contribution >= 4 is 32.3 Å². The normalized spacial score (nSPS) is 31.9. The highest BCUT2D eigenvalue weighted by Crippen LogP contribution is 2.67. The summed E-state index contributed by atoms with van der Waals surface area (Å²) in [7, 11) is -1.53. The molecular weight excluding hydrogens is 1010 g/mol. The predicted molar refractivity (Wildman–Crippen MR) is 286 cm³/mol. The number of carbonyl (C=O) groups is 4. The molecule has 426 valence electrons. The smallest absolute Gasteiger partial charge is 0.408 e. The Labute approximate surface area is 456 Å². The molecular formula is C58H85N3O15Si. The number of morpholine rings is 1. The van der Waals surface area contributed by atoms with Gasteiger partial charge in [-0.2, -0.15) is 0 Å². The number of aliphatic hydroxyl groups is 1. The fourth-order valence-electron chi connectivity index (χ4n) is 14.3. The molecule has 1 aromatic heterocycles. The van der Waals surface area contributed by atoms with Crippen molar-refractivity contribution in [3.8, 4) is 5.75 Å². The molecule has 5 fully saturated rings. The van der Waals surface area contributed by atoms with Crippen molar-refractivity contribution in [3.63, 3.8) is 0 Å². The number of amides is 1. The van der Waals surface area contributed by atoms with E-state index in [4.69, 9.17) is 52.0 Å². The zero-order valence-corrected chi connectivity index (χ0v) is 49.0. The summed E-state index contributed by atoms with van der Waals surface area (Å²) in [6.07, 6.45) is -5.76. The number of ether oxygens (including phenoxy) is 9. The summed E-state index contributed by atoms with van der Waals surface area (Å²) < 4.78 is 65.6. The van der Waals surface area contributed by atoms with Gasteiger partial charge in [0.15, 0.2) is 18.0 Å². The van der Waals surface area contributed by atoms with Crippen molar-refractivity contribution in [1.29, 1.82) is 0 Å². The Balaban J connectivity index is 1.33. The first-order valence-electron chi connectivity index (χ1n) is 27.6. The first kappa shape index (κ1) is 58.7. The molecule has 0 unspecified atom stereocenters. The van der Waals surface area contributed by atoms with Crippen LogP contribution in [0.5, 0.6) is 5.75 Å². The second kappa shape index (κ2) is 22.2. The fraction of sp³-hybridized carbons (Fsp3) is 0.707. The van der Waals surface area contributed by atoms with Crippen LogP contribution >= 0.6 is 0 Å². The van der Waals surface area contributed by atoms with E-state index in [1.807, 2.05) is 20.8 Å². The number of pyridine rings is 1. The van der Waals surface area contributed by atoms with Crippen LogP contribution in [0.2, 0.25) is 16.6 Å². The van der Waals surface area contributed by atoms with Crippen LogP contribution in [0.3, 0.4) is 0 Å². The van der Waals surface area contributed by atoms with Gasteiger partial charge in [0.25, 0.3) is 0 Å². The zero-order valence-electron chi connectivity index (χ0n) is 48.0. The topological polar surface area (TPSA) is 209 Å². The summed E-state index contributed by atoms with van der Waals surface area (Å²) in [5.41, 5.74) is -4.98. The SMILES string of the molecule is COc1ccc([C@H](NC(=O)OC(C)(C)C)[C@@H](O[Si](C(C)C)(C(C)C)C(C)C)C(=O)O[C@H]2C[C@@]3(O)[C@@H](OC(=O)c4ccccc4)[C@H]4[C@@](C)(CC[C@H]5OC[C@]54OC(C)=O)[C@@H]4O[C@H](CN5CCOCC5)O[C@@H]4C(=C2C)C3(C)C)nc1. The third-order valence-electron chi connectivity index (χ3n) is 17.9. The van der Waals surface area contributed by atoms with E-state index in [0.717, 1.165) is 0 Å². The van der Waals surface area contributed by atoms with Crippen LogP contribution in [0.15, 0.2) is 59.8 Å². The number of rotatable bonds is 16. The van der Waals surface area contributed by atoms with Crippen molar-refractivity contribution in [2.75, 3.05) is 46.6 Å². The second-order valence-electron chi connectivity index (χ2n) is 24.9. The minimum atomic E-state index is -3.05. The average molecular weight is 1090 g/mol. The molecule has 3 aliphatic carbocycles. The number of hydrogen-bond acceptors (Lipinski definition) is 17. The van der Waals surface area contributed by atoms with E-state index in [1.165, 1.54) is 20.2 Å². The standard InChI is InChI=1S/C58H85N3O15Si/c1-33(2)77(34(3)4,35(5)6)76-47(45(60-53(65)75-54(9,10)11)40-22-21-39(67-15)30-59-40)52(64)70-41-29-58(66)50(73-51(63)38-19-17-16-18-20-38)48-56(14,24-23-42-57(48,32-69-42)74-37(8)62)49-46(44(36(41)7)55(58,12)13)71-43(72-49)31-61-25-27-68-28-26-61/h16-22,30,33-35,41-43,45-50,66H,23-29,31-32H2,1-15H3,(H,60,65)/t41-,42+,43+,45-,46+,47+,48-,49+,50-,56+,57-,58+/m0/s1. The van der Waals surface area contributed by atoms with Gasteiger partial charge in [-0.05, 0) is 92.6 Å². The number of alkyl carbamates (subject to hydrolysis) is 1. The van der Waals surface area contributed by atoms with E-state index in [1.54, 1.807) is 63.2 Å². The molecule has 77 heavy (non-hydrogen) atoms. The Bertz CT molecular complexity index is 2470. The van der Waals surface area contributed by atoms with E-state index in [-0.39, 0.29) is 40.9 Å². The average Bonchev–Trinajstić information content (AvgIpc) is 3.84. The quantitative estimate of drug-likeness (QED) is 0.0700. The molecule has 2 N–H and O–H groups in total. The number of carbonyl (C=O) groups excluding carboxylic acids is 4. The Morgan fingerprint density at radius 1 is 0.935 bits per heavy atom. The molecule has 8 rings (SSSR count). The number of hydrogen-bond donors (Lipinski definition) is 2. The van der Waals surface area contributed by atoms with Crippen LogP contribution in [-0.2, 0) is 51.9 Å². The minimum Gasteiger partial charge on any atom is -0.495 e. The molecule has 19 heteroatoms. The maximum absolute atomic E-state index is 16.0. The van der Waals surface area contributed by atoms with E-state index in [2.05, 4.69) is 58.7 Å². The number of methoxy groups -OCH3 is 1. The first-order chi connectivity index (χ1) is 36.1. The summed E-state index contributed by atoms with van der Waals surface area (Å²) in [4.78, 5) is 65.4. The number of nitrogens with zero attached hydrogens (tertiary/aromatic N) is 2. The molecule has 1 aromatic carbocycles. The summed E-state index contributed by atoms with van der Waals surface area (Å²) in [5, 5.41) is 17.4. The maximum Gasteiger partial charge on any atom is 0.408 e. The van der Waals surface area contributed by atoms with Gasteiger partial charge in [0.1, 0.15) is 47.4 Å². The van der Waals surface area contributed by atoms with Crippen LogP contribution in [0.4, 0.5) is 4.79 Å². The molecule has 6 aliphatic rings. The molecule has 12 atom stereocenters. The van der Waals surface area contributed by atoms with E-state index >= 15 is 4.79 Å². The lowest BCUT2D eigenvalue weighted by atomic mass is 9.45. The molecule has 3 saturated heterocycles. The predicted octanol–water partition coefficient (Wildman–Crippen LogP) is 8.40. The van der Waals surface area contributed by atoms with Gasteiger partial charge in [0.2, 0.25) is 8.32 Å². The van der Waals surface area contributed by atoms with Crippen LogP contribution in [0.1, 0.15) is 138 Å². The van der Waals surface area contributed by atoms with E-state index < -0.39 is 115 Å². The van der Waals surface area contributed by atoms with E-state index in [0.29, 0.717) is 62.6 Å². The largest absolute Gasteiger partial charge is 0.495 e.